The third-order valence-electron chi connectivity index (χ3n) is 3.25. The Balaban J connectivity index is 2.41. The van der Waals surface area contributed by atoms with Gasteiger partial charge in [-0.25, -0.2) is 0 Å². The van der Waals surface area contributed by atoms with Gasteiger partial charge >= 0.3 is 0 Å². The monoisotopic (exact) mass is 241 g/mol. The molecular weight excluding hydrogens is 226 g/mol. The summed E-state index contributed by atoms with van der Waals surface area (Å²) in [4.78, 5) is 4.45. The number of aromatic nitrogens is 1. The Hall–Kier alpha value is -2.03. The minimum absolute atomic E-state index is 0.398. The number of fused-ring (bicyclic) bond motifs is 3. The fourth-order valence-electron chi connectivity index (χ4n) is 2.28. The molecule has 3 rings (SSSR count). The van der Waals surface area contributed by atoms with Gasteiger partial charge in [0.2, 0.25) is 0 Å². The molecule has 0 unspecified atom stereocenters. The maximum atomic E-state index is 5.56. The Kier molecular flexibility index (Phi) is 2.47. The van der Waals surface area contributed by atoms with E-state index in [1.165, 1.54) is 5.56 Å². The largest absolute Gasteiger partial charge is 0.496 e. The quantitative estimate of drug-likeness (QED) is 0.677. The Bertz CT molecular complexity index is 713. The summed E-state index contributed by atoms with van der Waals surface area (Å²) in [6, 6.07) is 6.03. The van der Waals surface area contributed by atoms with E-state index in [1.54, 1.807) is 13.4 Å². The number of pyridine rings is 1. The lowest BCUT2D eigenvalue weighted by molar-refractivity contribution is 0.408. The second kappa shape index (κ2) is 4.02. The van der Waals surface area contributed by atoms with Crippen LogP contribution < -0.4 is 4.74 Å². The van der Waals surface area contributed by atoms with Gasteiger partial charge in [0.25, 0.3) is 0 Å². The highest BCUT2D eigenvalue weighted by Gasteiger charge is 2.12. The fourth-order valence-corrected chi connectivity index (χ4v) is 2.28. The number of methoxy groups -OCH3 is 1. The summed E-state index contributed by atoms with van der Waals surface area (Å²) in [6.07, 6.45) is 3.53. The van der Waals surface area contributed by atoms with Crippen molar-refractivity contribution in [3.8, 4) is 5.75 Å². The molecule has 0 aliphatic carbocycles. The van der Waals surface area contributed by atoms with E-state index in [9.17, 15) is 0 Å². The van der Waals surface area contributed by atoms with Crippen molar-refractivity contribution in [3.05, 3.63) is 36.2 Å². The van der Waals surface area contributed by atoms with E-state index in [1.807, 2.05) is 18.3 Å². The van der Waals surface area contributed by atoms with Crippen molar-refractivity contribution in [2.75, 3.05) is 7.11 Å². The molecule has 0 radical (unpaired) electrons. The molecule has 3 nitrogen and oxygen atoms in total. The van der Waals surface area contributed by atoms with Crippen LogP contribution in [0, 0.1) is 0 Å². The van der Waals surface area contributed by atoms with Gasteiger partial charge in [-0.3, -0.25) is 4.98 Å². The number of nitrogens with zero attached hydrogens (tertiary/aromatic N) is 1. The summed E-state index contributed by atoms with van der Waals surface area (Å²) >= 11 is 0. The van der Waals surface area contributed by atoms with E-state index in [2.05, 4.69) is 24.9 Å². The van der Waals surface area contributed by atoms with E-state index >= 15 is 0 Å². The van der Waals surface area contributed by atoms with Gasteiger partial charge in [0.1, 0.15) is 11.3 Å². The zero-order valence-electron chi connectivity index (χ0n) is 10.7. The van der Waals surface area contributed by atoms with Crippen LogP contribution in [-0.4, -0.2) is 12.1 Å². The summed E-state index contributed by atoms with van der Waals surface area (Å²) in [5, 5.41) is 2.07. The van der Waals surface area contributed by atoms with Gasteiger partial charge in [-0.2, -0.15) is 0 Å². The first-order valence-electron chi connectivity index (χ1n) is 6.04. The van der Waals surface area contributed by atoms with Crippen LogP contribution in [-0.2, 0) is 0 Å². The van der Waals surface area contributed by atoms with E-state index in [0.717, 1.165) is 27.6 Å². The SMILES string of the molecule is COc1cc2ncc3ccoc3c2cc1C(C)C. The van der Waals surface area contributed by atoms with Crippen molar-refractivity contribution in [1.29, 1.82) is 0 Å². The Morgan fingerprint density at radius 1 is 1.28 bits per heavy atom. The molecule has 0 atom stereocenters. The third-order valence-corrected chi connectivity index (χ3v) is 3.25. The molecule has 0 amide bonds. The van der Waals surface area contributed by atoms with Crippen LogP contribution in [0.15, 0.2) is 35.1 Å². The van der Waals surface area contributed by atoms with Crippen LogP contribution in [0.2, 0.25) is 0 Å². The molecule has 3 heteroatoms. The van der Waals surface area contributed by atoms with Gasteiger partial charge in [0.05, 0.1) is 18.9 Å². The molecule has 18 heavy (non-hydrogen) atoms. The van der Waals surface area contributed by atoms with Gasteiger partial charge in [-0.15, -0.1) is 0 Å². The molecule has 0 fully saturated rings. The molecule has 0 aliphatic rings. The highest BCUT2D eigenvalue weighted by atomic mass is 16.5. The molecule has 0 bridgehead atoms. The van der Waals surface area contributed by atoms with Gasteiger partial charge < -0.3 is 9.15 Å². The summed E-state index contributed by atoms with van der Waals surface area (Å²) in [5.41, 5.74) is 2.97. The molecule has 1 aromatic carbocycles. The minimum atomic E-state index is 0.398. The summed E-state index contributed by atoms with van der Waals surface area (Å²) in [7, 11) is 1.69. The molecule has 2 heterocycles. The summed E-state index contributed by atoms with van der Waals surface area (Å²) in [6.45, 7) is 4.30. The number of ether oxygens (including phenoxy) is 1. The highest BCUT2D eigenvalue weighted by Crippen LogP contribution is 2.33. The normalized spacial score (nSPS) is 11.6. The number of hydrogen-bond donors (Lipinski definition) is 0. The first kappa shape index (κ1) is 11.1. The van der Waals surface area contributed by atoms with Gasteiger partial charge in [-0.1, -0.05) is 13.8 Å². The molecule has 0 spiro atoms. The molecule has 0 saturated heterocycles. The van der Waals surface area contributed by atoms with Crippen molar-refractivity contribution in [1.82, 2.24) is 4.98 Å². The minimum Gasteiger partial charge on any atom is -0.496 e. The van der Waals surface area contributed by atoms with Crippen molar-refractivity contribution in [2.45, 2.75) is 19.8 Å². The summed E-state index contributed by atoms with van der Waals surface area (Å²) in [5.74, 6) is 1.28. The molecule has 92 valence electrons. The van der Waals surface area contributed by atoms with Crippen LogP contribution in [0.25, 0.3) is 21.9 Å². The van der Waals surface area contributed by atoms with Crippen LogP contribution in [0.1, 0.15) is 25.3 Å². The Morgan fingerprint density at radius 3 is 2.83 bits per heavy atom. The molecule has 2 aromatic heterocycles. The van der Waals surface area contributed by atoms with E-state index < -0.39 is 0 Å². The average Bonchev–Trinajstić information content (AvgIpc) is 2.85. The molecule has 3 aromatic rings. The number of furan rings is 1. The van der Waals surface area contributed by atoms with Crippen LogP contribution >= 0.6 is 0 Å². The average molecular weight is 241 g/mol. The standard InChI is InChI=1S/C15H15NO2/c1-9(2)11-6-12-13(7-14(11)17-3)16-8-10-4-5-18-15(10)12/h4-9H,1-3H3. The van der Waals surface area contributed by atoms with Crippen LogP contribution in [0.3, 0.4) is 0 Å². The lowest BCUT2D eigenvalue weighted by Crippen LogP contribution is -1.95. The zero-order valence-corrected chi connectivity index (χ0v) is 10.7. The second-order valence-corrected chi connectivity index (χ2v) is 4.73. The number of benzene rings is 1. The van der Waals surface area contributed by atoms with E-state index in [0.29, 0.717) is 5.92 Å². The Labute approximate surface area is 105 Å². The fraction of sp³-hybridized carbons (Fsp3) is 0.267. The highest BCUT2D eigenvalue weighted by molar-refractivity contribution is 6.02. The first-order valence-corrected chi connectivity index (χ1v) is 6.04. The predicted molar refractivity (Wildman–Crippen MR) is 72.2 cm³/mol. The lowest BCUT2D eigenvalue weighted by Gasteiger charge is -2.12. The molecule has 0 aliphatic heterocycles. The summed E-state index contributed by atoms with van der Waals surface area (Å²) < 4.78 is 11.0. The van der Waals surface area contributed by atoms with E-state index in [4.69, 9.17) is 9.15 Å². The molecule has 0 N–H and O–H groups in total. The topological polar surface area (TPSA) is 35.3 Å². The van der Waals surface area contributed by atoms with Crippen LogP contribution in [0.5, 0.6) is 5.75 Å². The van der Waals surface area contributed by atoms with Crippen LogP contribution in [0.4, 0.5) is 0 Å². The van der Waals surface area contributed by atoms with Crippen molar-refractivity contribution >= 4 is 21.9 Å². The maximum absolute atomic E-state index is 5.56. The van der Waals surface area contributed by atoms with Crippen molar-refractivity contribution in [3.63, 3.8) is 0 Å². The molecular formula is C15H15NO2. The number of rotatable bonds is 2. The van der Waals surface area contributed by atoms with E-state index in [-0.39, 0.29) is 0 Å². The Morgan fingerprint density at radius 2 is 2.11 bits per heavy atom. The smallest absolute Gasteiger partial charge is 0.144 e. The maximum Gasteiger partial charge on any atom is 0.144 e. The predicted octanol–water partition coefficient (Wildman–Crippen LogP) is 4.11. The number of hydrogen-bond acceptors (Lipinski definition) is 3. The third kappa shape index (κ3) is 1.55. The van der Waals surface area contributed by atoms with Crippen molar-refractivity contribution < 1.29 is 9.15 Å². The van der Waals surface area contributed by atoms with Crippen molar-refractivity contribution in [2.24, 2.45) is 0 Å². The first-order chi connectivity index (χ1) is 8.70. The molecule has 0 saturated carbocycles. The zero-order chi connectivity index (χ0) is 12.7. The van der Waals surface area contributed by atoms with Gasteiger partial charge in [-0.05, 0) is 23.6 Å². The lowest BCUT2D eigenvalue weighted by atomic mass is 9.99. The van der Waals surface area contributed by atoms with Gasteiger partial charge in [0.15, 0.2) is 0 Å². The van der Waals surface area contributed by atoms with Gasteiger partial charge in [0, 0.05) is 23.0 Å². The second-order valence-electron chi connectivity index (χ2n) is 4.73.